The molecule has 0 N–H and O–H groups in total. The van der Waals surface area contributed by atoms with E-state index in [1.54, 1.807) is 0 Å². The van der Waals surface area contributed by atoms with Crippen LogP contribution < -0.4 is 0 Å². The van der Waals surface area contributed by atoms with E-state index >= 15 is 0 Å². The molecule has 0 aliphatic heterocycles. The van der Waals surface area contributed by atoms with Crippen molar-refractivity contribution in [1.82, 2.24) is 0 Å². The molecule has 0 fully saturated rings. The molecular formula is C14H19Br. The van der Waals surface area contributed by atoms with Crippen LogP contribution in [0.1, 0.15) is 31.2 Å². The molecule has 0 atom stereocenters. The van der Waals surface area contributed by atoms with Crippen LogP contribution in [0, 0.1) is 0 Å². The summed E-state index contributed by atoms with van der Waals surface area (Å²) in [4.78, 5) is 0. The van der Waals surface area contributed by atoms with Crippen LogP contribution in [0.5, 0.6) is 0 Å². The average Bonchev–Trinajstić information content (AvgIpc) is 2.29. The van der Waals surface area contributed by atoms with Crippen LogP contribution in [0.4, 0.5) is 0 Å². The fourth-order valence-corrected chi connectivity index (χ4v) is 1.86. The van der Waals surface area contributed by atoms with Crippen molar-refractivity contribution in [2.24, 2.45) is 0 Å². The Hall–Kier alpha value is -0.560. The summed E-state index contributed by atoms with van der Waals surface area (Å²) in [5.74, 6) is 0. The maximum absolute atomic E-state index is 3.38. The summed E-state index contributed by atoms with van der Waals surface area (Å²) in [7, 11) is 0. The van der Waals surface area contributed by atoms with Crippen molar-refractivity contribution >= 4 is 15.9 Å². The van der Waals surface area contributed by atoms with Gasteiger partial charge in [-0.2, -0.15) is 0 Å². The monoisotopic (exact) mass is 266 g/mol. The summed E-state index contributed by atoms with van der Waals surface area (Å²) in [6.07, 6.45) is 10.8. The van der Waals surface area contributed by atoms with Crippen LogP contribution in [0.15, 0.2) is 42.5 Å². The van der Waals surface area contributed by atoms with E-state index in [0.29, 0.717) is 0 Å². The Morgan fingerprint density at radius 2 is 1.73 bits per heavy atom. The number of halogens is 1. The van der Waals surface area contributed by atoms with Gasteiger partial charge in [-0.25, -0.2) is 0 Å². The van der Waals surface area contributed by atoms with Crippen molar-refractivity contribution < 1.29 is 0 Å². The Morgan fingerprint density at radius 1 is 0.933 bits per heavy atom. The van der Waals surface area contributed by atoms with E-state index in [2.05, 4.69) is 58.4 Å². The zero-order valence-electron chi connectivity index (χ0n) is 9.16. The zero-order chi connectivity index (χ0) is 10.8. The number of hydrogen-bond acceptors (Lipinski definition) is 0. The molecule has 0 heterocycles. The van der Waals surface area contributed by atoms with Gasteiger partial charge in [0.2, 0.25) is 0 Å². The number of hydrogen-bond donors (Lipinski definition) is 0. The van der Waals surface area contributed by atoms with E-state index < -0.39 is 0 Å². The molecule has 0 radical (unpaired) electrons. The quantitative estimate of drug-likeness (QED) is 0.380. The van der Waals surface area contributed by atoms with Gasteiger partial charge in [-0.1, -0.05) is 64.8 Å². The standard InChI is InChI=1S/C14H19Br/c15-13-9-4-2-1-3-6-10-14-11-7-5-8-12-14/h4-5,7-9,11-12H,1-3,6,10,13H2. The van der Waals surface area contributed by atoms with E-state index in [0.717, 1.165) is 5.33 Å². The van der Waals surface area contributed by atoms with Gasteiger partial charge in [0.15, 0.2) is 0 Å². The highest BCUT2D eigenvalue weighted by Gasteiger charge is 1.91. The molecule has 1 rings (SSSR count). The minimum absolute atomic E-state index is 0.983. The molecule has 0 bridgehead atoms. The molecule has 0 saturated carbocycles. The lowest BCUT2D eigenvalue weighted by Crippen LogP contribution is -1.84. The first-order valence-corrected chi connectivity index (χ1v) is 6.80. The predicted octanol–water partition coefficient (Wildman–Crippen LogP) is 4.74. The number of unbranched alkanes of at least 4 members (excludes halogenated alkanes) is 3. The van der Waals surface area contributed by atoms with Crippen LogP contribution >= 0.6 is 15.9 Å². The maximum atomic E-state index is 3.38. The van der Waals surface area contributed by atoms with Crippen LogP contribution in [-0.2, 0) is 6.42 Å². The van der Waals surface area contributed by atoms with Crippen molar-refractivity contribution in [3.63, 3.8) is 0 Å². The van der Waals surface area contributed by atoms with E-state index in [1.807, 2.05) is 0 Å². The van der Waals surface area contributed by atoms with Gasteiger partial charge in [0.05, 0.1) is 0 Å². The highest BCUT2D eigenvalue weighted by Crippen LogP contribution is 2.07. The Balaban J connectivity index is 2.00. The number of benzene rings is 1. The van der Waals surface area contributed by atoms with Crippen LogP contribution in [0.25, 0.3) is 0 Å². The molecule has 0 aliphatic carbocycles. The molecule has 1 aromatic rings. The highest BCUT2D eigenvalue weighted by atomic mass is 79.9. The fourth-order valence-electron chi connectivity index (χ4n) is 1.59. The van der Waals surface area contributed by atoms with Gasteiger partial charge in [0, 0.05) is 5.33 Å². The molecule has 0 spiro atoms. The Bertz CT molecular complexity index is 264. The first-order chi connectivity index (χ1) is 7.43. The molecule has 0 aromatic heterocycles. The molecule has 0 unspecified atom stereocenters. The van der Waals surface area contributed by atoms with E-state index in [4.69, 9.17) is 0 Å². The van der Waals surface area contributed by atoms with Gasteiger partial charge in [-0.3, -0.25) is 0 Å². The van der Waals surface area contributed by atoms with Gasteiger partial charge in [-0.05, 0) is 31.2 Å². The molecule has 0 amide bonds. The number of allylic oxidation sites excluding steroid dienone is 2. The van der Waals surface area contributed by atoms with Crippen molar-refractivity contribution in [1.29, 1.82) is 0 Å². The van der Waals surface area contributed by atoms with E-state index in [9.17, 15) is 0 Å². The van der Waals surface area contributed by atoms with Gasteiger partial charge in [0.25, 0.3) is 0 Å². The normalized spacial score (nSPS) is 11.0. The SMILES string of the molecule is BrCC=CCCCCCc1ccccc1. The third-order valence-corrected chi connectivity index (χ3v) is 2.81. The van der Waals surface area contributed by atoms with E-state index in [-0.39, 0.29) is 0 Å². The van der Waals surface area contributed by atoms with Crippen molar-refractivity contribution in [2.45, 2.75) is 32.1 Å². The van der Waals surface area contributed by atoms with Crippen LogP contribution in [0.2, 0.25) is 0 Å². The van der Waals surface area contributed by atoms with Gasteiger partial charge in [-0.15, -0.1) is 0 Å². The molecule has 1 aromatic carbocycles. The summed E-state index contributed by atoms with van der Waals surface area (Å²) >= 11 is 3.38. The third-order valence-electron chi connectivity index (χ3n) is 2.43. The lowest BCUT2D eigenvalue weighted by atomic mass is 10.1. The minimum Gasteiger partial charge on any atom is -0.0883 e. The molecule has 1 heteroatoms. The number of alkyl halides is 1. The zero-order valence-corrected chi connectivity index (χ0v) is 10.7. The molecule has 0 aliphatic rings. The summed E-state index contributed by atoms with van der Waals surface area (Å²) in [6, 6.07) is 10.7. The summed E-state index contributed by atoms with van der Waals surface area (Å²) in [5.41, 5.74) is 1.47. The van der Waals surface area contributed by atoms with Crippen LogP contribution in [-0.4, -0.2) is 5.33 Å². The first kappa shape index (κ1) is 12.5. The molecule has 82 valence electrons. The lowest BCUT2D eigenvalue weighted by Gasteiger charge is -2.00. The van der Waals surface area contributed by atoms with Crippen molar-refractivity contribution in [3.05, 3.63) is 48.0 Å². The molecule has 15 heavy (non-hydrogen) atoms. The van der Waals surface area contributed by atoms with Gasteiger partial charge < -0.3 is 0 Å². The van der Waals surface area contributed by atoms with Crippen LogP contribution in [0.3, 0.4) is 0 Å². The summed E-state index contributed by atoms with van der Waals surface area (Å²) < 4.78 is 0. The Morgan fingerprint density at radius 3 is 2.47 bits per heavy atom. The van der Waals surface area contributed by atoms with Gasteiger partial charge >= 0.3 is 0 Å². The minimum atomic E-state index is 0.983. The summed E-state index contributed by atoms with van der Waals surface area (Å²) in [5, 5.41) is 0.983. The molecule has 0 saturated heterocycles. The highest BCUT2D eigenvalue weighted by molar-refractivity contribution is 9.09. The fraction of sp³-hybridized carbons (Fsp3) is 0.429. The van der Waals surface area contributed by atoms with Gasteiger partial charge in [0.1, 0.15) is 0 Å². The summed E-state index contributed by atoms with van der Waals surface area (Å²) in [6.45, 7) is 0. The average molecular weight is 267 g/mol. The molecule has 0 nitrogen and oxygen atoms in total. The number of rotatable bonds is 7. The number of aryl methyl sites for hydroxylation is 1. The smallest absolute Gasteiger partial charge is 0.0212 e. The first-order valence-electron chi connectivity index (χ1n) is 5.68. The third kappa shape index (κ3) is 6.51. The largest absolute Gasteiger partial charge is 0.0883 e. The van der Waals surface area contributed by atoms with E-state index in [1.165, 1.54) is 37.7 Å². The van der Waals surface area contributed by atoms with Crippen molar-refractivity contribution in [2.75, 3.05) is 5.33 Å². The Kier molecular flexibility index (Phi) is 7.28. The second kappa shape index (κ2) is 8.72. The second-order valence-corrected chi connectivity index (χ2v) is 4.36. The molecular weight excluding hydrogens is 248 g/mol. The predicted molar refractivity (Wildman–Crippen MR) is 71.5 cm³/mol. The maximum Gasteiger partial charge on any atom is 0.0212 e. The van der Waals surface area contributed by atoms with Crippen molar-refractivity contribution in [3.8, 4) is 0 Å². The second-order valence-electron chi connectivity index (χ2n) is 3.71. The Labute approximate surface area is 102 Å². The topological polar surface area (TPSA) is 0 Å². The lowest BCUT2D eigenvalue weighted by molar-refractivity contribution is 0.687.